The SMILES string of the molecule is OCc1sccc1-c1cc2cc(Cl)ccc2s1. The molecule has 0 aliphatic heterocycles. The molecule has 2 aromatic heterocycles. The molecule has 0 saturated heterocycles. The summed E-state index contributed by atoms with van der Waals surface area (Å²) < 4.78 is 1.22. The largest absolute Gasteiger partial charge is 0.391 e. The van der Waals surface area contributed by atoms with Crippen molar-refractivity contribution < 1.29 is 5.11 Å². The van der Waals surface area contributed by atoms with E-state index in [1.54, 1.807) is 22.7 Å². The van der Waals surface area contributed by atoms with E-state index in [1.807, 2.05) is 23.6 Å². The third kappa shape index (κ3) is 2.00. The monoisotopic (exact) mass is 280 g/mol. The van der Waals surface area contributed by atoms with Gasteiger partial charge < -0.3 is 5.11 Å². The molecular weight excluding hydrogens is 272 g/mol. The van der Waals surface area contributed by atoms with Crippen molar-refractivity contribution in [3.8, 4) is 10.4 Å². The van der Waals surface area contributed by atoms with Crippen molar-refractivity contribution in [2.75, 3.05) is 0 Å². The van der Waals surface area contributed by atoms with E-state index >= 15 is 0 Å². The Morgan fingerprint density at radius 3 is 2.88 bits per heavy atom. The van der Waals surface area contributed by atoms with Crippen LogP contribution in [0.4, 0.5) is 0 Å². The normalized spacial score (nSPS) is 11.2. The summed E-state index contributed by atoms with van der Waals surface area (Å²) in [6, 6.07) is 10.1. The van der Waals surface area contributed by atoms with Gasteiger partial charge >= 0.3 is 0 Å². The smallest absolute Gasteiger partial charge is 0.0780 e. The van der Waals surface area contributed by atoms with Crippen LogP contribution in [-0.2, 0) is 6.61 Å². The molecule has 17 heavy (non-hydrogen) atoms. The van der Waals surface area contributed by atoms with Crippen LogP contribution in [0.3, 0.4) is 0 Å². The van der Waals surface area contributed by atoms with Crippen molar-refractivity contribution >= 4 is 44.4 Å². The molecule has 2 heterocycles. The average molecular weight is 281 g/mol. The van der Waals surface area contributed by atoms with Gasteiger partial charge in [-0.2, -0.15) is 0 Å². The van der Waals surface area contributed by atoms with Crippen LogP contribution in [0.1, 0.15) is 4.88 Å². The van der Waals surface area contributed by atoms with Gasteiger partial charge in [0.1, 0.15) is 0 Å². The summed E-state index contributed by atoms with van der Waals surface area (Å²) in [5, 5.41) is 13.2. The molecule has 0 radical (unpaired) electrons. The van der Waals surface area contributed by atoms with Gasteiger partial charge in [-0.1, -0.05) is 11.6 Å². The van der Waals surface area contributed by atoms with E-state index in [9.17, 15) is 5.11 Å². The fourth-order valence-corrected chi connectivity index (χ4v) is 3.92. The second-order valence-corrected chi connectivity index (χ2v) is 6.23. The Hall–Kier alpha value is -0.870. The van der Waals surface area contributed by atoms with Crippen LogP contribution in [-0.4, -0.2) is 5.11 Å². The molecule has 1 nitrogen and oxygen atoms in total. The molecule has 1 N–H and O–H groups in total. The molecule has 0 saturated carbocycles. The average Bonchev–Trinajstić information content (AvgIpc) is 2.93. The molecule has 3 aromatic rings. The zero-order valence-corrected chi connectivity index (χ0v) is 11.2. The molecule has 0 spiro atoms. The minimum Gasteiger partial charge on any atom is -0.391 e. The lowest BCUT2D eigenvalue weighted by atomic mass is 10.2. The van der Waals surface area contributed by atoms with Gasteiger partial charge in [0.05, 0.1) is 6.61 Å². The predicted molar refractivity (Wildman–Crippen MR) is 76.1 cm³/mol. The first kappa shape index (κ1) is 11.2. The molecule has 0 bridgehead atoms. The van der Waals surface area contributed by atoms with Crippen LogP contribution in [0.15, 0.2) is 35.7 Å². The topological polar surface area (TPSA) is 20.2 Å². The van der Waals surface area contributed by atoms with E-state index in [0.717, 1.165) is 20.8 Å². The third-order valence-corrected chi connectivity index (χ3v) is 4.92. The van der Waals surface area contributed by atoms with Crippen LogP contribution < -0.4 is 0 Å². The van der Waals surface area contributed by atoms with Crippen LogP contribution in [0.2, 0.25) is 5.02 Å². The van der Waals surface area contributed by atoms with Gasteiger partial charge in [0.2, 0.25) is 0 Å². The maximum Gasteiger partial charge on any atom is 0.0780 e. The number of benzene rings is 1. The molecule has 0 aliphatic rings. The van der Waals surface area contributed by atoms with Crippen molar-refractivity contribution in [1.82, 2.24) is 0 Å². The van der Waals surface area contributed by atoms with Gasteiger partial charge in [-0.15, -0.1) is 22.7 Å². The zero-order valence-electron chi connectivity index (χ0n) is 8.81. The summed E-state index contributed by atoms with van der Waals surface area (Å²) >= 11 is 9.30. The summed E-state index contributed by atoms with van der Waals surface area (Å²) in [7, 11) is 0. The maximum absolute atomic E-state index is 9.28. The Labute approximate surface area is 112 Å². The van der Waals surface area contributed by atoms with Gasteiger partial charge in [-0.05, 0) is 41.1 Å². The van der Waals surface area contributed by atoms with Gasteiger partial charge in [-0.25, -0.2) is 0 Å². The lowest BCUT2D eigenvalue weighted by Gasteiger charge is -1.95. The minimum absolute atomic E-state index is 0.0992. The third-order valence-electron chi connectivity index (χ3n) is 2.63. The molecule has 86 valence electrons. The molecule has 0 atom stereocenters. The van der Waals surface area contributed by atoms with Crippen molar-refractivity contribution in [2.24, 2.45) is 0 Å². The molecule has 3 rings (SSSR count). The zero-order chi connectivity index (χ0) is 11.8. The van der Waals surface area contributed by atoms with Crippen LogP contribution in [0.5, 0.6) is 0 Å². The number of fused-ring (bicyclic) bond motifs is 1. The van der Waals surface area contributed by atoms with Crippen molar-refractivity contribution in [3.63, 3.8) is 0 Å². The summed E-state index contributed by atoms with van der Waals surface area (Å²) in [4.78, 5) is 2.20. The minimum atomic E-state index is 0.0992. The van der Waals surface area contributed by atoms with E-state index in [2.05, 4.69) is 12.1 Å². The van der Waals surface area contributed by atoms with Gasteiger partial charge in [0, 0.05) is 25.0 Å². The Balaban J connectivity index is 2.18. The maximum atomic E-state index is 9.28. The molecular formula is C13H9ClOS2. The van der Waals surface area contributed by atoms with Crippen LogP contribution >= 0.6 is 34.3 Å². The summed E-state index contributed by atoms with van der Waals surface area (Å²) in [6.45, 7) is 0.0992. The van der Waals surface area contributed by atoms with E-state index in [-0.39, 0.29) is 6.61 Å². The van der Waals surface area contributed by atoms with Gasteiger partial charge in [0.15, 0.2) is 0 Å². The fraction of sp³-hybridized carbons (Fsp3) is 0.0769. The van der Waals surface area contributed by atoms with E-state index in [4.69, 9.17) is 11.6 Å². The highest BCUT2D eigenvalue weighted by molar-refractivity contribution is 7.22. The molecule has 0 amide bonds. The number of thiophene rings is 2. The van der Waals surface area contributed by atoms with Crippen LogP contribution in [0, 0.1) is 0 Å². The van der Waals surface area contributed by atoms with E-state index in [0.29, 0.717) is 0 Å². The number of rotatable bonds is 2. The highest BCUT2D eigenvalue weighted by Crippen LogP contribution is 2.37. The molecule has 4 heteroatoms. The number of hydrogen-bond donors (Lipinski definition) is 1. The summed E-state index contributed by atoms with van der Waals surface area (Å²) in [5.41, 5.74) is 1.13. The standard InChI is InChI=1S/C13H9ClOS2/c14-9-1-2-11-8(5-9)6-12(17-11)10-3-4-16-13(10)7-15/h1-6,15H,7H2. The number of hydrogen-bond acceptors (Lipinski definition) is 3. The molecule has 0 aliphatic carbocycles. The highest BCUT2D eigenvalue weighted by atomic mass is 35.5. The van der Waals surface area contributed by atoms with E-state index in [1.165, 1.54) is 9.58 Å². The fourth-order valence-electron chi connectivity index (χ4n) is 1.83. The first-order valence-electron chi connectivity index (χ1n) is 5.14. The summed E-state index contributed by atoms with van der Waals surface area (Å²) in [5.74, 6) is 0. The molecule has 0 unspecified atom stereocenters. The van der Waals surface area contributed by atoms with Crippen molar-refractivity contribution in [1.29, 1.82) is 0 Å². The first-order valence-corrected chi connectivity index (χ1v) is 7.22. The number of aliphatic hydroxyl groups is 1. The second kappa shape index (κ2) is 4.42. The van der Waals surface area contributed by atoms with Gasteiger partial charge in [0.25, 0.3) is 0 Å². The Morgan fingerprint density at radius 1 is 1.18 bits per heavy atom. The van der Waals surface area contributed by atoms with Crippen molar-refractivity contribution in [3.05, 3.63) is 45.6 Å². The number of halogens is 1. The lowest BCUT2D eigenvalue weighted by Crippen LogP contribution is -1.78. The quantitative estimate of drug-likeness (QED) is 0.716. The molecule has 1 aromatic carbocycles. The number of aliphatic hydroxyl groups excluding tert-OH is 1. The van der Waals surface area contributed by atoms with Crippen molar-refractivity contribution in [2.45, 2.75) is 6.61 Å². The van der Waals surface area contributed by atoms with Gasteiger partial charge in [-0.3, -0.25) is 0 Å². The molecule has 0 fully saturated rings. The highest BCUT2D eigenvalue weighted by Gasteiger charge is 2.09. The summed E-state index contributed by atoms with van der Waals surface area (Å²) in [6.07, 6.45) is 0. The lowest BCUT2D eigenvalue weighted by molar-refractivity contribution is 0.286. The van der Waals surface area contributed by atoms with Crippen LogP contribution in [0.25, 0.3) is 20.5 Å². The Kier molecular flexibility index (Phi) is 2.92. The second-order valence-electron chi connectivity index (χ2n) is 3.71. The predicted octanol–water partition coefficient (Wildman–Crippen LogP) is 4.78. The Morgan fingerprint density at radius 2 is 2.06 bits per heavy atom. The first-order chi connectivity index (χ1) is 8.28. The Bertz CT molecular complexity index is 669. The van der Waals surface area contributed by atoms with E-state index < -0.39 is 0 Å².